The van der Waals surface area contributed by atoms with Gasteiger partial charge in [0, 0.05) is 12.1 Å². The average molecular weight is 224 g/mol. The first-order valence-corrected chi connectivity index (χ1v) is 7.29. The quantitative estimate of drug-likeness (QED) is 0.798. The van der Waals surface area contributed by atoms with Gasteiger partial charge in [0.2, 0.25) is 0 Å². The van der Waals surface area contributed by atoms with Crippen LogP contribution >= 0.6 is 0 Å². The maximum absolute atomic E-state index is 6.08. The number of rotatable bonds is 3. The fourth-order valence-corrected chi connectivity index (χ4v) is 3.55. The van der Waals surface area contributed by atoms with Crippen LogP contribution in [0.4, 0.5) is 0 Å². The fraction of sp³-hybridized carbons (Fsp3) is 1.00. The molecule has 1 saturated carbocycles. The van der Waals surface area contributed by atoms with Crippen LogP contribution in [0.2, 0.25) is 0 Å². The standard InChI is InChI=1S/C14H28N2/c1-2-4-12-7-9-16(10-8-12)14-6-3-5-13(15)11-14/h12-14H,2-11,15H2,1H3. The van der Waals surface area contributed by atoms with Crippen molar-refractivity contribution in [1.82, 2.24) is 4.90 Å². The molecule has 16 heavy (non-hydrogen) atoms. The Kier molecular flexibility index (Phi) is 4.66. The predicted molar refractivity (Wildman–Crippen MR) is 69.4 cm³/mol. The number of nitrogens with two attached hydrogens (primary N) is 1. The summed E-state index contributed by atoms with van der Waals surface area (Å²) in [6.07, 6.45) is 10.9. The highest BCUT2D eigenvalue weighted by molar-refractivity contribution is 4.84. The van der Waals surface area contributed by atoms with E-state index in [1.54, 1.807) is 0 Å². The summed E-state index contributed by atoms with van der Waals surface area (Å²) in [5, 5.41) is 0. The van der Waals surface area contributed by atoms with Crippen LogP contribution in [-0.4, -0.2) is 30.1 Å². The molecule has 2 aliphatic rings. The summed E-state index contributed by atoms with van der Waals surface area (Å²) in [6, 6.07) is 1.29. The van der Waals surface area contributed by atoms with Crippen molar-refractivity contribution in [2.75, 3.05) is 13.1 Å². The number of likely N-dealkylation sites (tertiary alicyclic amines) is 1. The van der Waals surface area contributed by atoms with E-state index in [2.05, 4.69) is 11.8 Å². The topological polar surface area (TPSA) is 29.3 Å². The molecule has 0 spiro atoms. The molecule has 0 aromatic carbocycles. The van der Waals surface area contributed by atoms with Crippen LogP contribution in [0.1, 0.15) is 58.3 Å². The monoisotopic (exact) mass is 224 g/mol. The van der Waals surface area contributed by atoms with Gasteiger partial charge >= 0.3 is 0 Å². The summed E-state index contributed by atoms with van der Waals surface area (Å²) in [7, 11) is 0. The van der Waals surface area contributed by atoms with Crippen molar-refractivity contribution in [2.45, 2.75) is 70.4 Å². The lowest BCUT2D eigenvalue weighted by atomic mass is 9.87. The van der Waals surface area contributed by atoms with Gasteiger partial charge in [-0.15, -0.1) is 0 Å². The van der Waals surface area contributed by atoms with Crippen LogP contribution in [0.25, 0.3) is 0 Å². The first-order chi connectivity index (χ1) is 7.79. The molecule has 0 bridgehead atoms. The summed E-state index contributed by atoms with van der Waals surface area (Å²) in [4.78, 5) is 2.73. The van der Waals surface area contributed by atoms with Gasteiger partial charge in [-0.1, -0.05) is 26.2 Å². The van der Waals surface area contributed by atoms with Gasteiger partial charge in [0.15, 0.2) is 0 Å². The number of nitrogens with zero attached hydrogens (tertiary/aromatic N) is 1. The zero-order chi connectivity index (χ0) is 11.4. The van der Waals surface area contributed by atoms with Crippen LogP contribution in [0.5, 0.6) is 0 Å². The Hall–Kier alpha value is -0.0800. The third-order valence-electron chi connectivity index (χ3n) is 4.55. The van der Waals surface area contributed by atoms with Crippen molar-refractivity contribution in [3.63, 3.8) is 0 Å². The van der Waals surface area contributed by atoms with E-state index in [1.807, 2.05) is 0 Å². The van der Waals surface area contributed by atoms with Crippen LogP contribution in [0.15, 0.2) is 0 Å². The molecule has 2 unspecified atom stereocenters. The summed E-state index contributed by atoms with van der Waals surface area (Å²) in [5.41, 5.74) is 6.08. The smallest absolute Gasteiger partial charge is 0.0110 e. The maximum atomic E-state index is 6.08. The Morgan fingerprint density at radius 1 is 1.12 bits per heavy atom. The Morgan fingerprint density at radius 3 is 2.50 bits per heavy atom. The number of hydrogen-bond donors (Lipinski definition) is 1. The second-order valence-corrected chi connectivity index (χ2v) is 5.85. The van der Waals surface area contributed by atoms with Gasteiger partial charge in [-0.3, -0.25) is 0 Å². The zero-order valence-corrected chi connectivity index (χ0v) is 10.8. The van der Waals surface area contributed by atoms with Crippen molar-refractivity contribution in [2.24, 2.45) is 11.7 Å². The Balaban J connectivity index is 1.75. The van der Waals surface area contributed by atoms with E-state index in [4.69, 9.17) is 5.73 Å². The summed E-state index contributed by atoms with van der Waals surface area (Å²) < 4.78 is 0. The van der Waals surface area contributed by atoms with Gasteiger partial charge in [0.05, 0.1) is 0 Å². The molecule has 0 aromatic rings. The van der Waals surface area contributed by atoms with E-state index in [1.165, 1.54) is 64.5 Å². The Bertz CT molecular complexity index is 197. The SMILES string of the molecule is CCCC1CCN(C2CCCC(N)C2)CC1. The molecule has 0 radical (unpaired) electrons. The first kappa shape index (κ1) is 12.4. The molecule has 2 heteroatoms. The molecular weight excluding hydrogens is 196 g/mol. The molecule has 1 saturated heterocycles. The van der Waals surface area contributed by atoms with E-state index >= 15 is 0 Å². The second kappa shape index (κ2) is 6.02. The molecule has 1 heterocycles. The fourth-order valence-electron chi connectivity index (χ4n) is 3.55. The summed E-state index contributed by atoms with van der Waals surface area (Å²) >= 11 is 0. The van der Waals surface area contributed by atoms with Gasteiger partial charge in [-0.25, -0.2) is 0 Å². The lowest BCUT2D eigenvalue weighted by Gasteiger charge is -2.40. The van der Waals surface area contributed by atoms with E-state index in [9.17, 15) is 0 Å². The second-order valence-electron chi connectivity index (χ2n) is 5.85. The van der Waals surface area contributed by atoms with Gasteiger partial charge in [0.25, 0.3) is 0 Å². The summed E-state index contributed by atoms with van der Waals surface area (Å²) in [6.45, 7) is 4.98. The highest BCUT2D eigenvalue weighted by Crippen LogP contribution is 2.28. The van der Waals surface area contributed by atoms with E-state index in [0.717, 1.165) is 12.0 Å². The molecule has 0 amide bonds. The predicted octanol–water partition coefficient (Wildman–Crippen LogP) is 2.77. The van der Waals surface area contributed by atoms with Crippen LogP contribution < -0.4 is 5.73 Å². The number of piperidine rings is 1. The first-order valence-electron chi connectivity index (χ1n) is 7.29. The van der Waals surface area contributed by atoms with E-state index < -0.39 is 0 Å². The number of hydrogen-bond acceptors (Lipinski definition) is 2. The molecular formula is C14H28N2. The van der Waals surface area contributed by atoms with Crippen molar-refractivity contribution in [3.05, 3.63) is 0 Å². The lowest BCUT2D eigenvalue weighted by molar-refractivity contribution is 0.0989. The molecule has 1 aliphatic heterocycles. The molecule has 2 atom stereocenters. The van der Waals surface area contributed by atoms with Crippen LogP contribution in [-0.2, 0) is 0 Å². The zero-order valence-electron chi connectivity index (χ0n) is 10.8. The maximum Gasteiger partial charge on any atom is 0.0110 e. The summed E-state index contributed by atoms with van der Waals surface area (Å²) in [5.74, 6) is 1.01. The Morgan fingerprint density at radius 2 is 1.88 bits per heavy atom. The third-order valence-corrected chi connectivity index (χ3v) is 4.55. The molecule has 2 nitrogen and oxygen atoms in total. The van der Waals surface area contributed by atoms with Crippen molar-refractivity contribution in [3.8, 4) is 0 Å². The third kappa shape index (κ3) is 3.21. The largest absolute Gasteiger partial charge is 0.328 e. The van der Waals surface area contributed by atoms with Crippen LogP contribution in [0, 0.1) is 5.92 Å². The van der Waals surface area contributed by atoms with Crippen molar-refractivity contribution >= 4 is 0 Å². The highest BCUT2D eigenvalue weighted by Gasteiger charge is 2.27. The van der Waals surface area contributed by atoms with Gasteiger partial charge in [-0.2, -0.15) is 0 Å². The molecule has 94 valence electrons. The van der Waals surface area contributed by atoms with Crippen molar-refractivity contribution in [1.29, 1.82) is 0 Å². The molecule has 2 N–H and O–H groups in total. The van der Waals surface area contributed by atoms with Gasteiger partial charge in [-0.05, 0) is 51.1 Å². The molecule has 0 aromatic heterocycles. The molecule has 1 aliphatic carbocycles. The average Bonchev–Trinajstić information content (AvgIpc) is 2.30. The van der Waals surface area contributed by atoms with Crippen molar-refractivity contribution < 1.29 is 0 Å². The lowest BCUT2D eigenvalue weighted by Crippen LogP contribution is -2.46. The van der Waals surface area contributed by atoms with Gasteiger partial charge in [0.1, 0.15) is 0 Å². The van der Waals surface area contributed by atoms with Crippen LogP contribution in [0.3, 0.4) is 0 Å². The molecule has 2 rings (SSSR count). The van der Waals surface area contributed by atoms with E-state index in [0.29, 0.717) is 6.04 Å². The normalized spacial score (nSPS) is 34.1. The van der Waals surface area contributed by atoms with E-state index in [-0.39, 0.29) is 0 Å². The minimum absolute atomic E-state index is 0.479. The minimum atomic E-state index is 0.479. The minimum Gasteiger partial charge on any atom is -0.328 e. The molecule has 2 fully saturated rings. The van der Waals surface area contributed by atoms with Gasteiger partial charge < -0.3 is 10.6 Å². The Labute approximate surface area is 101 Å². The highest BCUT2D eigenvalue weighted by atomic mass is 15.2.